The Morgan fingerprint density at radius 3 is 1.84 bits per heavy atom. The van der Waals surface area contributed by atoms with Gasteiger partial charge >= 0.3 is 0 Å². The van der Waals surface area contributed by atoms with E-state index < -0.39 is 11.6 Å². The van der Waals surface area contributed by atoms with Crippen LogP contribution in [0.25, 0.3) is 22.3 Å². The molecule has 0 heterocycles. The first-order valence-electron chi connectivity index (χ1n) is 10.0. The fraction of sp³-hybridized carbons (Fsp3) is 0.115. The van der Waals surface area contributed by atoms with Crippen LogP contribution in [0, 0.1) is 45.6 Å². The number of nitrogens with one attached hydrogen (secondary N) is 1. The summed E-state index contributed by atoms with van der Waals surface area (Å²) >= 11 is 0. The Kier molecular flexibility index (Phi) is 4.29. The van der Waals surface area contributed by atoms with Gasteiger partial charge in [0, 0.05) is 24.1 Å². The topological polar surface area (TPSA) is 83.4 Å². The monoisotopic (exact) mass is 420 g/mol. The summed E-state index contributed by atoms with van der Waals surface area (Å²) in [6.45, 7) is 2.40. The number of hydrogen-bond donors (Lipinski definition) is 1. The number of fused-ring (bicyclic) bond motifs is 5. The van der Waals surface area contributed by atoms with Crippen LogP contribution in [0.5, 0.6) is 0 Å². The zero-order valence-corrected chi connectivity index (χ0v) is 17.0. The van der Waals surface area contributed by atoms with Crippen molar-refractivity contribution in [2.24, 2.45) is 0 Å². The lowest BCUT2D eigenvalue weighted by molar-refractivity contribution is 0.627. The minimum Gasteiger partial charge on any atom is -0.376 e. The molecule has 3 aliphatic carbocycles. The van der Waals surface area contributed by atoms with Gasteiger partial charge in [0.2, 0.25) is 0 Å². The van der Waals surface area contributed by atoms with E-state index in [0.29, 0.717) is 40.9 Å². The van der Waals surface area contributed by atoms with Crippen LogP contribution in [0.1, 0.15) is 35.6 Å². The third-order valence-electron chi connectivity index (χ3n) is 6.04. The van der Waals surface area contributed by atoms with E-state index in [9.17, 15) is 24.6 Å². The molecule has 0 atom stereocenters. The van der Waals surface area contributed by atoms with Gasteiger partial charge in [-0.1, -0.05) is 12.1 Å². The van der Waals surface area contributed by atoms with Gasteiger partial charge in [-0.3, -0.25) is 0 Å². The highest BCUT2D eigenvalue weighted by atomic mass is 19.1. The SMILES string of the molecule is CCN/C(C#N)=C1\C2=C(C3=C(C2)C(=C(C#N)C#N)c2cc(F)ccc23)c2ccc(F)cc21. The molecular weight excluding hydrogens is 406 g/mol. The van der Waals surface area contributed by atoms with Crippen molar-refractivity contribution in [2.45, 2.75) is 13.3 Å². The average Bonchev–Trinajstić information content (AvgIpc) is 3.39. The molecule has 32 heavy (non-hydrogen) atoms. The third kappa shape index (κ3) is 2.49. The highest BCUT2D eigenvalue weighted by Gasteiger charge is 2.43. The second-order valence-corrected chi connectivity index (χ2v) is 7.63. The van der Waals surface area contributed by atoms with Crippen molar-refractivity contribution in [3.8, 4) is 18.2 Å². The molecule has 3 aliphatic rings. The van der Waals surface area contributed by atoms with Crippen LogP contribution in [0.2, 0.25) is 0 Å². The lowest BCUT2D eigenvalue weighted by Gasteiger charge is -2.13. The molecule has 0 fully saturated rings. The summed E-state index contributed by atoms with van der Waals surface area (Å²) in [5.74, 6) is -0.864. The number of nitrogens with zero attached hydrogens (tertiary/aromatic N) is 3. The second-order valence-electron chi connectivity index (χ2n) is 7.63. The number of nitriles is 3. The van der Waals surface area contributed by atoms with Crippen molar-refractivity contribution in [1.29, 1.82) is 15.8 Å². The Labute approximate surface area is 183 Å². The van der Waals surface area contributed by atoms with Crippen LogP contribution < -0.4 is 5.32 Å². The van der Waals surface area contributed by atoms with Crippen LogP contribution in [-0.2, 0) is 0 Å². The zero-order valence-electron chi connectivity index (χ0n) is 17.0. The molecule has 0 saturated carbocycles. The van der Waals surface area contributed by atoms with E-state index in [-0.39, 0.29) is 5.57 Å². The molecule has 2 aromatic rings. The van der Waals surface area contributed by atoms with Crippen LogP contribution in [0.15, 0.2) is 58.8 Å². The van der Waals surface area contributed by atoms with Gasteiger partial charge in [0.05, 0.1) is 0 Å². The third-order valence-corrected chi connectivity index (χ3v) is 6.04. The smallest absolute Gasteiger partial charge is 0.137 e. The van der Waals surface area contributed by atoms with Gasteiger partial charge in [0.25, 0.3) is 0 Å². The molecule has 6 heteroatoms. The first-order valence-corrected chi connectivity index (χ1v) is 10.0. The molecule has 0 aliphatic heterocycles. The summed E-state index contributed by atoms with van der Waals surface area (Å²) in [6, 6.07) is 14.9. The molecular formula is C26H14F2N4. The van der Waals surface area contributed by atoms with Crippen molar-refractivity contribution in [3.63, 3.8) is 0 Å². The van der Waals surface area contributed by atoms with Crippen LogP contribution in [0.4, 0.5) is 8.78 Å². The largest absolute Gasteiger partial charge is 0.376 e. The Balaban J connectivity index is 1.86. The van der Waals surface area contributed by atoms with Crippen LogP contribution in [0.3, 0.4) is 0 Å². The summed E-state index contributed by atoms with van der Waals surface area (Å²) < 4.78 is 28.3. The van der Waals surface area contributed by atoms with Crippen molar-refractivity contribution in [3.05, 3.63) is 92.7 Å². The average molecular weight is 420 g/mol. The lowest BCUT2D eigenvalue weighted by atomic mass is 9.91. The summed E-state index contributed by atoms with van der Waals surface area (Å²) in [7, 11) is 0. The van der Waals surface area contributed by atoms with Crippen molar-refractivity contribution >= 4 is 22.3 Å². The number of hydrogen-bond acceptors (Lipinski definition) is 4. The molecule has 152 valence electrons. The molecule has 0 aromatic heterocycles. The molecule has 0 saturated heterocycles. The normalized spacial score (nSPS) is 16.6. The molecule has 0 amide bonds. The van der Waals surface area contributed by atoms with Crippen molar-refractivity contribution in [1.82, 2.24) is 5.32 Å². The first-order chi connectivity index (χ1) is 15.5. The molecule has 5 rings (SSSR count). The Bertz CT molecular complexity index is 1480. The van der Waals surface area contributed by atoms with E-state index in [1.54, 1.807) is 12.1 Å². The van der Waals surface area contributed by atoms with E-state index in [4.69, 9.17) is 0 Å². The maximum absolute atomic E-state index is 14.2. The van der Waals surface area contributed by atoms with E-state index in [1.807, 2.05) is 19.1 Å². The zero-order chi connectivity index (χ0) is 22.6. The van der Waals surface area contributed by atoms with E-state index >= 15 is 0 Å². The Morgan fingerprint density at radius 1 is 0.812 bits per heavy atom. The highest BCUT2D eigenvalue weighted by molar-refractivity contribution is 6.27. The van der Waals surface area contributed by atoms with Gasteiger partial charge in [-0.2, -0.15) is 15.8 Å². The Hall–Kier alpha value is -4.47. The fourth-order valence-corrected chi connectivity index (χ4v) is 4.95. The van der Waals surface area contributed by atoms with Gasteiger partial charge in [0.15, 0.2) is 0 Å². The standard InChI is InChI=1S/C26H14F2N4/c1-2-32-22(12-31)24-19-8-15(28)4-6-17(19)26-21(24)9-20-23(13(10-29)11-30)18-7-14(27)3-5-16(18)25(20)26/h3-8,32H,2,9H2,1H3/b24-22-. The van der Waals surface area contributed by atoms with Gasteiger partial charge in [-0.15, -0.1) is 0 Å². The Morgan fingerprint density at radius 2 is 1.34 bits per heavy atom. The summed E-state index contributed by atoms with van der Waals surface area (Å²) in [5.41, 5.74) is 7.21. The van der Waals surface area contributed by atoms with E-state index in [0.717, 1.165) is 33.4 Å². The molecule has 0 bridgehead atoms. The van der Waals surface area contributed by atoms with Gasteiger partial charge < -0.3 is 5.32 Å². The molecule has 0 unspecified atom stereocenters. The minimum atomic E-state index is -0.458. The number of rotatable bonds is 2. The number of allylic oxidation sites excluding steroid dienone is 8. The first kappa shape index (κ1) is 19.5. The predicted molar refractivity (Wildman–Crippen MR) is 116 cm³/mol. The maximum atomic E-state index is 14.2. The van der Waals surface area contributed by atoms with Crippen LogP contribution >= 0.6 is 0 Å². The molecule has 0 radical (unpaired) electrons. The number of halogens is 2. The molecule has 0 spiro atoms. The fourth-order valence-electron chi connectivity index (χ4n) is 4.95. The summed E-state index contributed by atoms with van der Waals surface area (Å²) in [4.78, 5) is 0. The van der Waals surface area contributed by atoms with Crippen LogP contribution in [-0.4, -0.2) is 6.54 Å². The highest BCUT2D eigenvalue weighted by Crippen LogP contribution is 2.61. The molecule has 1 N–H and O–H groups in total. The van der Waals surface area contributed by atoms with E-state index in [1.165, 1.54) is 24.3 Å². The van der Waals surface area contributed by atoms with Gasteiger partial charge in [-0.05, 0) is 75.7 Å². The molecule has 2 aromatic carbocycles. The minimum absolute atomic E-state index is 0.0833. The lowest BCUT2D eigenvalue weighted by Crippen LogP contribution is -2.13. The van der Waals surface area contributed by atoms with Crippen molar-refractivity contribution in [2.75, 3.05) is 6.54 Å². The summed E-state index contributed by atoms with van der Waals surface area (Å²) in [5, 5.41) is 32.0. The van der Waals surface area contributed by atoms with Gasteiger partial charge in [0.1, 0.15) is 41.1 Å². The van der Waals surface area contributed by atoms with Gasteiger partial charge in [-0.25, -0.2) is 8.78 Å². The number of benzene rings is 2. The van der Waals surface area contributed by atoms with Crippen molar-refractivity contribution < 1.29 is 8.78 Å². The molecule has 4 nitrogen and oxygen atoms in total. The van der Waals surface area contributed by atoms with E-state index in [2.05, 4.69) is 11.4 Å². The summed E-state index contributed by atoms with van der Waals surface area (Å²) in [6.07, 6.45) is 0.353. The second kappa shape index (κ2) is 7.05. The quantitative estimate of drug-likeness (QED) is 0.673. The predicted octanol–water partition coefficient (Wildman–Crippen LogP) is 5.25. The maximum Gasteiger partial charge on any atom is 0.137 e.